The van der Waals surface area contributed by atoms with Gasteiger partial charge in [0.05, 0.1) is 5.41 Å². The topological polar surface area (TPSA) is 17.1 Å². The maximum atomic E-state index is 12.1. The van der Waals surface area contributed by atoms with Crippen LogP contribution in [0.25, 0.3) is 0 Å². The van der Waals surface area contributed by atoms with E-state index in [0.717, 1.165) is 18.4 Å². The van der Waals surface area contributed by atoms with Crippen molar-refractivity contribution in [2.24, 2.45) is 0 Å². The van der Waals surface area contributed by atoms with Gasteiger partial charge in [0, 0.05) is 0 Å². The van der Waals surface area contributed by atoms with E-state index in [0.29, 0.717) is 0 Å². The maximum absolute atomic E-state index is 12.1. The van der Waals surface area contributed by atoms with Crippen LogP contribution in [0.1, 0.15) is 32.3 Å². The smallest absolute Gasteiger partial charge is 0.165 e. The van der Waals surface area contributed by atoms with Gasteiger partial charge in [0.25, 0.3) is 0 Å². The number of rotatable bonds is 1. The molecule has 2 rings (SSSR count). The Kier molecular flexibility index (Phi) is 2.47. The normalized spacial score (nSPS) is 26.3. The van der Waals surface area contributed by atoms with E-state index >= 15 is 0 Å². The molecule has 15 heavy (non-hydrogen) atoms. The summed E-state index contributed by atoms with van der Waals surface area (Å²) in [7, 11) is 0. The van der Waals surface area contributed by atoms with Crippen molar-refractivity contribution in [2.75, 3.05) is 0 Å². The summed E-state index contributed by atoms with van der Waals surface area (Å²) in [4.78, 5) is 12.1. The SMILES string of the molecule is CC1=CC(=O)C(C)(c2ccccc2)CC1. The number of benzene rings is 1. The van der Waals surface area contributed by atoms with Crippen LogP contribution in [0.15, 0.2) is 42.0 Å². The third-order valence-electron chi connectivity index (χ3n) is 3.35. The molecule has 0 aliphatic heterocycles. The summed E-state index contributed by atoms with van der Waals surface area (Å²) in [5.41, 5.74) is 2.04. The molecule has 1 aromatic carbocycles. The van der Waals surface area contributed by atoms with Crippen molar-refractivity contribution in [2.45, 2.75) is 32.1 Å². The predicted molar refractivity (Wildman–Crippen MR) is 61.8 cm³/mol. The standard InChI is InChI=1S/C14H16O/c1-11-8-9-14(2,13(15)10-11)12-6-4-3-5-7-12/h3-7,10H,8-9H2,1-2H3. The van der Waals surface area contributed by atoms with Crippen LogP contribution in [0.4, 0.5) is 0 Å². The third-order valence-corrected chi connectivity index (χ3v) is 3.35. The average Bonchev–Trinajstić information content (AvgIpc) is 2.25. The summed E-state index contributed by atoms with van der Waals surface area (Å²) in [5, 5.41) is 0. The van der Waals surface area contributed by atoms with Crippen LogP contribution in [0.5, 0.6) is 0 Å². The highest BCUT2D eigenvalue weighted by Gasteiger charge is 2.35. The van der Waals surface area contributed by atoms with Gasteiger partial charge >= 0.3 is 0 Å². The zero-order chi connectivity index (χ0) is 10.9. The minimum atomic E-state index is -0.305. The highest BCUT2D eigenvalue weighted by Crippen LogP contribution is 2.35. The molecule has 1 aliphatic rings. The first-order valence-electron chi connectivity index (χ1n) is 5.40. The van der Waals surface area contributed by atoms with Gasteiger partial charge in [0.1, 0.15) is 0 Å². The Morgan fingerprint density at radius 1 is 1.20 bits per heavy atom. The molecule has 0 saturated carbocycles. The van der Waals surface area contributed by atoms with Crippen LogP contribution in [-0.2, 0) is 10.2 Å². The van der Waals surface area contributed by atoms with Crippen LogP contribution >= 0.6 is 0 Å². The van der Waals surface area contributed by atoms with Gasteiger partial charge in [-0.25, -0.2) is 0 Å². The van der Waals surface area contributed by atoms with E-state index in [2.05, 4.69) is 0 Å². The highest BCUT2D eigenvalue weighted by molar-refractivity contribution is 6.00. The first-order valence-corrected chi connectivity index (χ1v) is 5.40. The monoisotopic (exact) mass is 200 g/mol. The molecule has 0 N–H and O–H groups in total. The fourth-order valence-electron chi connectivity index (χ4n) is 2.12. The Morgan fingerprint density at radius 3 is 2.47 bits per heavy atom. The lowest BCUT2D eigenvalue weighted by Crippen LogP contribution is -2.33. The first-order chi connectivity index (χ1) is 7.13. The molecule has 1 heteroatoms. The van der Waals surface area contributed by atoms with Crippen LogP contribution in [-0.4, -0.2) is 5.78 Å². The zero-order valence-electron chi connectivity index (χ0n) is 9.29. The molecular weight excluding hydrogens is 184 g/mol. The van der Waals surface area contributed by atoms with E-state index in [1.54, 1.807) is 6.08 Å². The lowest BCUT2D eigenvalue weighted by molar-refractivity contribution is -0.120. The minimum absolute atomic E-state index is 0.248. The quantitative estimate of drug-likeness (QED) is 0.680. The van der Waals surface area contributed by atoms with E-state index in [1.807, 2.05) is 44.2 Å². The molecule has 0 saturated heterocycles. The molecule has 0 heterocycles. The number of carbonyl (C=O) groups excluding carboxylic acids is 1. The number of hydrogen-bond acceptors (Lipinski definition) is 1. The van der Waals surface area contributed by atoms with E-state index in [1.165, 1.54) is 5.57 Å². The van der Waals surface area contributed by atoms with Gasteiger partial charge in [-0.15, -0.1) is 0 Å². The Balaban J connectivity index is 2.41. The molecule has 78 valence electrons. The Morgan fingerprint density at radius 2 is 1.87 bits per heavy atom. The van der Waals surface area contributed by atoms with E-state index in [-0.39, 0.29) is 11.2 Å². The van der Waals surface area contributed by atoms with Gasteiger partial charge in [-0.3, -0.25) is 4.79 Å². The number of hydrogen-bond donors (Lipinski definition) is 0. The molecule has 1 atom stereocenters. The van der Waals surface area contributed by atoms with Crippen LogP contribution in [0.3, 0.4) is 0 Å². The highest BCUT2D eigenvalue weighted by atomic mass is 16.1. The molecule has 1 nitrogen and oxygen atoms in total. The average molecular weight is 200 g/mol. The lowest BCUT2D eigenvalue weighted by Gasteiger charge is -2.31. The summed E-state index contributed by atoms with van der Waals surface area (Å²) in [6.07, 6.45) is 3.76. The number of carbonyl (C=O) groups is 1. The Labute approximate surface area is 90.8 Å². The van der Waals surface area contributed by atoms with Crippen molar-refractivity contribution < 1.29 is 4.79 Å². The third kappa shape index (κ3) is 1.74. The molecule has 0 aromatic heterocycles. The van der Waals surface area contributed by atoms with Crippen LogP contribution in [0, 0.1) is 0 Å². The second kappa shape index (κ2) is 3.65. The summed E-state index contributed by atoms with van der Waals surface area (Å²) in [6, 6.07) is 10.1. The lowest BCUT2D eigenvalue weighted by atomic mass is 9.71. The fourth-order valence-corrected chi connectivity index (χ4v) is 2.12. The van der Waals surface area contributed by atoms with Crippen molar-refractivity contribution in [3.8, 4) is 0 Å². The summed E-state index contributed by atoms with van der Waals surface area (Å²) in [6.45, 7) is 4.08. The summed E-state index contributed by atoms with van der Waals surface area (Å²) >= 11 is 0. The second-order valence-electron chi connectivity index (χ2n) is 4.55. The molecule has 1 unspecified atom stereocenters. The van der Waals surface area contributed by atoms with Crippen molar-refractivity contribution in [1.29, 1.82) is 0 Å². The molecular formula is C14H16O. The Bertz CT molecular complexity index is 403. The molecule has 0 fully saturated rings. The van der Waals surface area contributed by atoms with Crippen molar-refractivity contribution in [3.05, 3.63) is 47.5 Å². The molecule has 0 spiro atoms. The summed E-state index contributed by atoms with van der Waals surface area (Å²) in [5.74, 6) is 0.248. The minimum Gasteiger partial charge on any atom is -0.294 e. The maximum Gasteiger partial charge on any atom is 0.165 e. The van der Waals surface area contributed by atoms with E-state index < -0.39 is 0 Å². The van der Waals surface area contributed by atoms with Gasteiger partial charge in [0.15, 0.2) is 5.78 Å². The molecule has 1 aliphatic carbocycles. The van der Waals surface area contributed by atoms with Crippen molar-refractivity contribution in [3.63, 3.8) is 0 Å². The van der Waals surface area contributed by atoms with Crippen molar-refractivity contribution >= 4 is 5.78 Å². The summed E-state index contributed by atoms with van der Waals surface area (Å²) < 4.78 is 0. The molecule has 0 amide bonds. The van der Waals surface area contributed by atoms with Crippen LogP contribution in [0.2, 0.25) is 0 Å². The second-order valence-corrected chi connectivity index (χ2v) is 4.55. The van der Waals surface area contributed by atoms with Crippen LogP contribution < -0.4 is 0 Å². The van der Waals surface area contributed by atoms with Gasteiger partial charge in [0.2, 0.25) is 0 Å². The molecule has 1 aromatic rings. The van der Waals surface area contributed by atoms with Gasteiger partial charge in [-0.2, -0.15) is 0 Å². The van der Waals surface area contributed by atoms with Gasteiger partial charge < -0.3 is 0 Å². The molecule has 0 bridgehead atoms. The molecule has 0 radical (unpaired) electrons. The van der Waals surface area contributed by atoms with E-state index in [4.69, 9.17) is 0 Å². The largest absolute Gasteiger partial charge is 0.294 e. The van der Waals surface area contributed by atoms with Crippen molar-refractivity contribution in [1.82, 2.24) is 0 Å². The van der Waals surface area contributed by atoms with E-state index in [9.17, 15) is 4.79 Å². The first kappa shape index (κ1) is 10.2. The Hall–Kier alpha value is -1.37. The number of allylic oxidation sites excluding steroid dienone is 2. The van der Waals surface area contributed by atoms with Gasteiger partial charge in [-0.1, -0.05) is 35.9 Å². The number of ketones is 1. The van der Waals surface area contributed by atoms with Gasteiger partial charge in [-0.05, 0) is 38.3 Å². The predicted octanol–water partition coefficient (Wildman–Crippen LogP) is 3.25. The fraction of sp³-hybridized carbons (Fsp3) is 0.357. The zero-order valence-corrected chi connectivity index (χ0v) is 9.29.